The molecule has 0 aromatic carbocycles. The largest absolute Gasteiger partial charge is 0.345 e. The molecule has 0 spiro atoms. The minimum Gasteiger partial charge on any atom is -0.345 e. The van der Waals surface area contributed by atoms with E-state index in [1.54, 1.807) is 18.5 Å². The molecular weight excluding hydrogens is 262 g/mol. The second-order valence-electron chi connectivity index (χ2n) is 3.87. The van der Waals surface area contributed by atoms with Crippen molar-refractivity contribution in [1.82, 2.24) is 15.0 Å². The van der Waals surface area contributed by atoms with Crippen LogP contribution in [0.4, 0.5) is 11.6 Å². The molecule has 0 aliphatic rings. The minimum atomic E-state index is 0.473. The zero-order valence-electron chi connectivity index (χ0n) is 9.68. The third-order valence-corrected chi connectivity index (χ3v) is 2.93. The van der Waals surface area contributed by atoms with E-state index in [1.807, 2.05) is 18.2 Å². The first-order valence-electron chi connectivity index (χ1n) is 5.53. The normalized spacial score (nSPS) is 10.3. The molecule has 0 aliphatic carbocycles. The number of aromatic amines is 1. The van der Waals surface area contributed by atoms with Crippen LogP contribution in [0.5, 0.6) is 0 Å². The smallest absolute Gasteiger partial charge is 0.142 e. The third-order valence-electron chi connectivity index (χ3n) is 2.64. The Morgan fingerprint density at radius 2 is 2.21 bits per heavy atom. The van der Waals surface area contributed by atoms with Crippen LogP contribution in [0.3, 0.4) is 0 Å². The van der Waals surface area contributed by atoms with Gasteiger partial charge >= 0.3 is 0 Å². The summed E-state index contributed by atoms with van der Waals surface area (Å²) in [6, 6.07) is 9.28. The summed E-state index contributed by atoms with van der Waals surface area (Å²) in [5, 5.41) is 13.1. The van der Waals surface area contributed by atoms with E-state index in [4.69, 9.17) is 16.9 Å². The number of rotatable bonds is 2. The zero-order chi connectivity index (χ0) is 13.2. The maximum absolute atomic E-state index is 8.97. The van der Waals surface area contributed by atoms with E-state index in [-0.39, 0.29) is 0 Å². The summed E-state index contributed by atoms with van der Waals surface area (Å²) in [5.41, 5.74) is 1.05. The molecule has 92 valence electrons. The van der Waals surface area contributed by atoms with Gasteiger partial charge in [0.05, 0.1) is 16.0 Å². The van der Waals surface area contributed by atoms with E-state index >= 15 is 0 Å². The van der Waals surface area contributed by atoms with Crippen LogP contribution in [0.2, 0.25) is 5.02 Å². The van der Waals surface area contributed by atoms with Crippen LogP contribution in [-0.2, 0) is 0 Å². The van der Waals surface area contributed by atoms with Gasteiger partial charge in [-0.05, 0) is 12.1 Å². The molecule has 5 nitrogen and oxygen atoms in total. The Bertz CT molecular complexity index is 773. The minimum absolute atomic E-state index is 0.473. The number of halogens is 1. The van der Waals surface area contributed by atoms with Gasteiger partial charge in [-0.25, -0.2) is 9.97 Å². The predicted octanol–water partition coefficient (Wildman–Crippen LogP) is 3.23. The predicted molar refractivity (Wildman–Crippen MR) is 73.3 cm³/mol. The molecule has 3 rings (SSSR count). The van der Waals surface area contributed by atoms with Crippen LogP contribution in [0.1, 0.15) is 5.56 Å². The maximum Gasteiger partial charge on any atom is 0.142 e. The zero-order valence-corrected chi connectivity index (χ0v) is 10.4. The van der Waals surface area contributed by atoms with E-state index in [0.29, 0.717) is 33.3 Å². The van der Waals surface area contributed by atoms with Crippen LogP contribution in [-0.4, -0.2) is 15.0 Å². The summed E-state index contributed by atoms with van der Waals surface area (Å²) in [6.07, 6.45) is 3.28. The Kier molecular flexibility index (Phi) is 2.78. The molecule has 6 heteroatoms. The molecule has 0 fully saturated rings. The fourth-order valence-corrected chi connectivity index (χ4v) is 2.10. The number of fused-ring (bicyclic) bond motifs is 1. The SMILES string of the molecule is N#Cc1c[nH]c2nc(Nc3ccccn3)cc(Cl)c12. The Labute approximate surface area is 113 Å². The van der Waals surface area contributed by atoms with Gasteiger partial charge in [-0.3, -0.25) is 0 Å². The van der Waals surface area contributed by atoms with Crippen LogP contribution in [0.15, 0.2) is 36.7 Å². The molecule has 0 saturated heterocycles. The Hall–Kier alpha value is -2.58. The number of nitrogens with one attached hydrogen (secondary N) is 2. The first-order chi connectivity index (χ1) is 9.28. The monoisotopic (exact) mass is 269 g/mol. The first-order valence-corrected chi connectivity index (χ1v) is 5.91. The van der Waals surface area contributed by atoms with Gasteiger partial charge in [0, 0.05) is 18.5 Å². The van der Waals surface area contributed by atoms with Crippen molar-refractivity contribution in [1.29, 1.82) is 5.26 Å². The third kappa shape index (κ3) is 2.09. The van der Waals surface area contributed by atoms with Gasteiger partial charge in [0.1, 0.15) is 23.4 Å². The van der Waals surface area contributed by atoms with Crippen LogP contribution in [0.25, 0.3) is 11.0 Å². The molecule has 3 heterocycles. The lowest BCUT2D eigenvalue weighted by Crippen LogP contribution is -1.95. The topological polar surface area (TPSA) is 77.4 Å². The standard InChI is InChI=1S/C13H8ClN5/c14-9-5-11(18-10-3-1-2-4-16-10)19-13-12(9)8(6-15)7-17-13/h1-5,7H,(H2,16,17,18,19). The van der Waals surface area contributed by atoms with Crippen molar-refractivity contribution < 1.29 is 0 Å². The number of nitriles is 1. The molecule has 0 aliphatic heterocycles. The molecule has 2 N–H and O–H groups in total. The number of pyridine rings is 2. The van der Waals surface area contributed by atoms with Crippen molar-refractivity contribution in [2.24, 2.45) is 0 Å². The molecule has 0 unspecified atom stereocenters. The van der Waals surface area contributed by atoms with Gasteiger partial charge in [0.2, 0.25) is 0 Å². The van der Waals surface area contributed by atoms with Gasteiger partial charge in [-0.2, -0.15) is 5.26 Å². The van der Waals surface area contributed by atoms with Crippen molar-refractivity contribution in [3.05, 3.63) is 47.2 Å². The second kappa shape index (κ2) is 4.59. The molecule has 0 amide bonds. The number of nitrogens with zero attached hydrogens (tertiary/aromatic N) is 3. The maximum atomic E-state index is 8.97. The number of anilines is 2. The summed E-state index contributed by atoms with van der Waals surface area (Å²) in [6.45, 7) is 0. The van der Waals surface area contributed by atoms with Crippen molar-refractivity contribution >= 4 is 34.3 Å². The summed E-state index contributed by atoms with van der Waals surface area (Å²) in [4.78, 5) is 11.4. The molecule has 0 saturated carbocycles. The molecule has 3 aromatic rings. The van der Waals surface area contributed by atoms with Crippen LogP contribution < -0.4 is 5.32 Å². The highest BCUT2D eigenvalue weighted by Gasteiger charge is 2.10. The van der Waals surface area contributed by atoms with Crippen molar-refractivity contribution in [2.45, 2.75) is 0 Å². The fraction of sp³-hybridized carbons (Fsp3) is 0. The number of aromatic nitrogens is 3. The van der Waals surface area contributed by atoms with Gasteiger partial charge in [-0.15, -0.1) is 0 Å². The Balaban J connectivity index is 2.05. The molecule has 0 bridgehead atoms. The lowest BCUT2D eigenvalue weighted by atomic mass is 10.2. The van der Waals surface area contributed by atoms with Gasteiger partial charge in [0.25, 0.3) is 0 Å². The second-order valence-corrected chi connectivity index (χ2v) is 4.27. The van der Waals surface area contributed by atoms with E-state index in [1.165, 1.54) is 0 Å². The highest BCUT2D eigenvalue weighted by Crippen LogP contribution is 2.28. The summed E-state index contributed by atoms with van der Waals surface area (Å²) in [7, 11) is 0. The van der Waals surface area contributed by atoms with Gasteiger partial charge in [0.15, 0.2) is 0 Å². The lowest BCUT2D eigenvalue weighted by Gasteiger charge is -2.05. The molecule has 0 radical (unpaired) electrons. The van der Waals surface area contributed by atoms with E-state index in [9.17, 15) is 0 Å². The van der Waals surface area contributed by atoms with Gasteiger partial charge < -0.3 is 10.3 Å². The lowest BCUT2D eigenvalue weighted by molar-refractivity contribution is 1.26. The van der Waals surface area contributed by atoms with Crippen molar-refractivity contribution in [3.63, 3.8) is 0 Å². The van der Waals surface area contributed by atoms with Crippen LogP contribution >= 0.6 is 11.6 Å². The Morgan fingerprint density at radius 1 is 1.32 bits per heavy atom. The van der Waals surface area contributed by atoms with Crippen LogP contribution in [0, 0.1) is 11.3 Å². The summed E-state index contributed by atoms with van der Waals surface area (Å²) in [5.74, 6) is 1.25. The van der Waals surface area contributed by atoms with Gasteiger partial charge in [-0.1, -0.05) is 17.7 Å². The molecule has 19 heavy (non-hydrogen) atoms. The van der Waals surface area contributed by atoms with Crippen molar-refractivity contribution in [3.8, 4) is 6.07 Å². The molecule has 0 atom stereocenters. The molecular formula is C13H8ClN5. The van der Waals surface area contributed by atoms with E-state index < -0.39 is 0 Å². The Morgan fingerprint density at radius 3 is 2.95 bits per heavy atom. The average molecular weight is 270 g/mol. The first kappa shape index (κ1) is 11.5. The quantitative estimate of drug-likeness (QED) is 0.749. The number of H-pyrrole nitrogens is 1. The fourth-order valence-electron chi connectivity index (χ4n) is 1.81. The average Bonchev–Trinajstić information content (AvgIpc) is 2.83. The summed E-state index contributed by atoms with van der Waals surface area (Å²) >= 11 is 6.18. The highest BCUT2D eigenvalue weighted by molar-refractivity contribution is 6.36. The molecule has 3 aromatic heterocycles. The number of hydrogen-bond donors (Lipinski definition) is 2. The van der Waals surface area contributed by atoms with E-state index in [0.717, 1.165) is 0 Å². The van der Waals surface area contributed by atoms with E-state index in [2.05, 4.69) is 26.3 Å². The number of hydrogen-bond acceptors (Lipinski definition) is 4. The highest BCUT2D eigenvalue weighted by atomic mass is 35.5. The summed E-state index contributed by atoms with van der Waals surface area (Å²) < 4.78 is 0. The van der Waals surface area contributed by atoms with Crippen molar-refractivity contribution in [2.75, 3.05) is 5.32 Å².